The third kappa shape index (κ3) is 3.89. The zero-order valence-electron chi connectivity index (χ0n) is 13.3. The Kier molecular flexibility index (Phi) is 6.22. The SMILES string of the molecule is Cl.N[C@@H]1CCN(C(=O)c2cccc(S(=O)(=O)N3CCOCC3)c2)C1. The lowest BCUT2D eigenvalue weighted by Crippen LogP contribution is -2.40. The quantitative estimate of drug-likeness (QED) is 0.820. The molecular weight excluding hydrogens is 354 g/mol. The second kappa shape index (κ2) is 7.79. The van der Waals surface area contributed by atoms with Crippen molar-refractivity contribution in [3.63, 3.8) is 0 Å². The zero-order valence-corrected chi connectivity index (χ0v) is 14.9. The highest BCUT2D eigenvalue weighted by atomic mass is 35.5. The molecular formula is C15H22ClN3O4S. The molecule has 134 valence electrons. The molecule has 1 aromatic carbocycles. The van der Waals surface area contributed by atoms with Crippen molar-refractivity contribution in [2.75, 3.05) is 39.4 Å². The molecule has 0 saturated carbocycles. The highest BCUT2D eigenvalue weighted by molar-refractivity contribution is 7.89. The topological polar surface area (TPSA) is 92.9 Å². The van der Waals surface area contributed by atoms with Gasteiger partial charge in [0.05, 0.1) is 18.1 Å². The average molecular weight is 376 g/mol. The van der Waals surface area contributed by atoms with Gasteiger partial charge in [-0.15, -0.1) is 12.4 Å². The first kappa shape index (κ1) is 19.1. The predicted molar refractivity (Wildman–Crippen MR) is 91.8 cm³/mol. The summed E-state index contributed by atoms with van der Waals surface area (Å²) in [7, 11) is -3.59. The Morgan fingerprint density at radius 2 is 1.92 bits per heavy atom. The third-order valence-electron chi connectivity index (χ3n) is 4.20. The Balaban J connectivity index is 0.00000208. The number of sulfonamides is 1. The van der Waals surface area contributed by atoms with Gasteiger partial charge in [0.15, 0.2) is 0 Å². The van der Waals surface area contributed by atoms with Gasteiger partial charge in [-0.1, -0.05) is 6.07 Å². The number of ether oxygens (including phenoxy) is 1. The van der Waals surface area contributed by atoms with Crippen LogP contribution in [0.4, 0.5) is 0 Å². The van der Waals surface area contributed by atoms with Crippen LogP contribution in [0.15, 0.2) is 29.2 Å². The van der Waals surface area contributed by atoms with Gasteiger partial charge in [0.2, 0.25) is 10.0 Å². The summed E-state index contributed by atoms with van der Waals surface area (Å²) in [6, 6.07) is 6.23. The van der Waals surface area contributed by atoms with E-state index in [0.29, 0.717) is 45.0 Å². The van der Waals surface area contributed by atoms with Crippen molar-refractivity contribution in [2.45, 2.75) is 17.4 Å². The maximum Gasteiger partial charge on any atom is 0.253 e. The van der Waals surface area contributed by atoms with Crippen LogP contribution in [0.1, 0.15) is 16.8 Å². The van der Waals surface area contributed by atoms with Crippen LogP contribution in [0.25, 0.3) is 0 Å². The molecule has 24 heavy (non-hydrogen) atoms. The Labute approximate surface area is 148 Å². The van der Waals surface area contributed by atoms with Crippen LogP contribution in [0.3, 0.4) is 0 Å². The molecule has 0 radical (unpaired) electrons. The molecule has 7 nitrogen and oxygen atoms in total. The summed E-state index contributed by atoms with van der Waals surface area (Å²) in [6.07, 6.45) is 0.775. The molecule has 2 N–H and O–H groups in total. The number of morpholine rings is 1. The largest absolute Gasteiger partial charge is 0.379 e. The molecule has 0 unspecified atom stereocenters. The second-order valence-electron chi connectivity index (χ2n) is 5.84. The number of hydrogen-bond acceptors (Lipinski definition) is 5. The van der Waals surface area contributed by atoms with Crippen molar-refractivity contribution in [3.8, 4) is 0 Å². The fourth-order valence-corrected chi connectivity index (χ4v) is 4.33. The fraction of sp³-hybridized carbons (Fsp3) is 0.533. The number of amides is 1. The molecule has 0 aliphatic carbocycles. The number of carbonyl (C=O) groups is 1. The minimum absolute atomic E-state index is 0. The normalized spacial score (nSPS) is 22.2. The molecule has 2 aliphatic heterocycles. The number of carbonyl (C=O) groups excluding carboxylic acids is 1. The summed E-state index contributed by atoms with van der Waals surface area (Å²) in [5.74, 6) is -0.169. The summed E-state index contributed by atoms with van der Waals surface area (Å²) >= 11 is 0. The Bertz CT molecular complexity index is 692. The van der Waals surface area contributed by atoms with Crippen LogP contribution in [0.2, 0.25) is 0 Å². The van der Waals surface area contributed by atoms with Crippen LogP contribution >= 0.6 is 12.4 Å². The van der Waals surface area contributed by atoms with Gasteiger partial charge in [-0.2, -0.15) is 4.31 Å². The van der Waals surface area contributed by atoms with E-state index in [2.05, 4.69) is 0 Å². The summed E-state index contributed by atoms with van der Waals surface area (Å²) in [5.41, 5.74) is 6.21. The van der Waals surface area contributed by atoms with Crippen molar-refractivity contribution < 1.29 is 17.9 Å². The average Bonchev–Trinajstić information content (AvgIpc) is 3.01. The third-order valence-corrected chi connectivity index (χ3v) is 6.10. The number of hydrogen-bond donors (Lipinski definition) is 1. The van der Waals surface area contributed by atoms with E-state index >= 15 is 0 Å². The first-order chi connectivity index (χ1) is 11.0. The van der Waals surface area contributed by atoms with Gasteiger partial charge in [-0.3, -0.25) is 4.79 Å². The highest BCUT2D eigenvalue weighted by Gasteiger charge is 2.28. The van der Waals surface area contributed by atoms with Gasteiger partial charge >= 0.3 is 0 Å². The molecule has 1 aromatic rings. The first-order valence-electron chi connectivity index (χ1n) is 7.71. The maximum absolute atomic E-state index is 12.7. The van der Waals surface area contributed by atoms with Crippen LogP contribution in [0.5, 0.6) is 0 Å². The van der Waals surface area contributed by atoms with E-state index in [0.717, 1.165) is 6.42 Å². The minimum atomic E-state index is -3.59. The molecule has 0 spiro atoms. The molecule has 1 atom stereocenters. The van der Waals surface area contributed by atoms with E-state index in [-0.39, 0.29) is 29.3 Å². The van der Waals surface area contributed by atoms with E-state index < -0.39 is 10.0 Å². The smallest absolute Gasteiger partial charge is 0.253 e. The highest BCUT2D eigenvalue weighted by Crippen LogP contribution is 2.20. The van der Waals surface area contributed by atoms with E-state index in [4.69, 9.17) is 10.5 Å². The summed E-state index contributed by atoms with van der Waals surface area (Å²) in [6.45, 7) is 2.58. The minimum Gasteiger partial charge on any atom is -0.379 e. The monoisotopic (exact) mass is 375 g/mol. The number of nitrogens with two attached hydrogens (primary N) is 1. The summed E-state index contributed by atoms with van der Waals surface area (Å²) < 4.78 is 31.9. The van der Waals surface area contributed by atoms with Gasteiger partial charge in [0.1, 0.15) is 0 Å². The number of likely N-dealkylation sites (tertiary alicyclic amines) is 1. The zero-order chi connectivity index (χ0) is 16.4. The van der Waals surface area contributed by atoms with Gasteiger partial charge in [-0.25, -0.2) is 8.42 Å². The number of rotatable bonds is 3. The summed E-state index contributed by atoms with van der Waals surface area (Å²) in [5, 5.41) is 0. The first-order valence-corrected chi connectivity index (χ1v) is 9.15. The molecule has 2 fully saturated rings. The van der Waals surface area contributed by atoms with Gasteiger partial charge < -0.3 is 15.4 Å². The molecule has 2 heterocycles. The van der Waals surface area contributed by atoms with Gasteiger partial charge in [0.25, 0.3) is 5.91 Å². The van der Waals surface area contributed by atoms with Crippen molar-refractivity contribution in [1.82, 2.24) is 9.21 Å². The predicted octanol–water partition coefficient (Wildman–Crippen LogP) is 0.302. The number of halogens is 1. The number of nitrogens with zero attached hydrogens (tertiary/aromatic N) is 2. The second-order valence-corrected chi connectivity index (χ2v) is 7.78. The molecule has 1 amide bonds. The Morgan fingerprint density at radius 1 is 1.21 bits per heavy atom. The Hall–Kier alpha value is -1.19. The lowest BCUT2D eigenvalue weighted by atomic mass is 10.2. The Morgan fingerprint density at radius 3 is 2.54 bits per heavy atom. The van der Waals surface area contributed by atoms with Crippen LogP contribution in [-0.2, 0) is 14.8 Å². The van der Waals surface area contributed by atoms with Crippen LogP contribution in [0, 0.1) is 0 Å². The molecule has 2 aliphatic rings. The van der Waals surface area contributed by atoms with E-state index in [1.165, 1.54) is 16.4 Å². The van der Waals surface area contributed by atoms with Crippen molar-refractivity contribution in [1.29, 1.82) is 0 Å². The lowest BCUT2D eigenvalue weighted by Gasteiger charge is -2.26. The van der Waals surface area contributed by atoms with Crippen molar-refractivity contribution in [2.24, 2.45) is 5.73 Å². The van der Waals surface area contributed by atoms with Crippen LogP contribution < -0.4 is 5.73 Å². The van der Waals surface area contributed by atoms with E-state index in [9.17, 15) is 13.2 Å². The van der Waals surface area contributed by atoms with Crippen molar-refractivity contribution >= 4 is 28.3 Å². The molecule has 3 rings (SSSR count). The lowest BCUT2D eigenvalue weighted by molar-refractivity contribution is 0.0730. The van der Waals surface area contributed by atoms with Gasteiger partial charge in [0, 0.05) is 37.8 Å². The molecule has 0 bridgehead atoms. The fourth-order valence-electron chi connectivity index (χ4n) is 2.88. The standard InChI is InChI=1S/C15H21N3O4S.ClH/c16-13-4-5-17(11-13)15(19)12-2-1-3-14(10-12)23(20,21)18-6-8-22-9-7-18;/h1-3,10,13H,4-9,11,16H2;1H/t13-;/m1./s1. The van der Waals surface area contributed by atoms with E-state index in [1.54, 1.807) is 17.0 Å². The number of benzene rings is 1. The van der Waals surface area contributed by atoms with Crippen LogP contribution in [-0.4, -0.2) is 69.0 Å². The van der Waals surface area contributed by atoms with Crippen molar-refractivity contribution in [3.05, 3.63) is 29.8 Å². The maximum atomic E-state index is 12.7. The summed E-state index contributed by atoms with van der Waals surface area (Å²) in [4.78, 5) is 14.3. The van der Waals surface area contributed by atoms with Gasteiger partial charge in [-0.05, 0) is 24.6 Å². The molecule has 2 saturated heterocycles. The molecule has 0 aromatic heterocycles. The molecule has 9 heteroatoms. The van der Waals surface area contributed by atoms with E-state index in [1.807, 2.05) is 0 Å².